The molecule has 0 radical (unpaired) electrons. The first-order valence-corrected chi connectivity index (χ1v) is 4.59. The molecule has 1 aromatic heterocycles. The Kier molecular flexibility index (Phi) is 4.88. The molecule has 0 saturated carbocycles. The van der Waals surface area contributed by atoms with Gasteiger partial charge in [0.15, 0.2) is 0 Å². The van der Waals surface area contributed by atoms with E-state index in [0.717, 1.165) is 6.42 Å². The van der Waals surface area contributed by atoms with Gasteiger partial charge in [0.2, 0.25) is 5.95 Å². The van der Waals surface area contributed by atoms with E-state index in [1.807, 2.05) is 0 Å². The van der Waals surface area contributed by atoms with E-state index in [1.165, 1.54) is 0 Å². The van der Waals surface area contributed by atoms with Crippen LogP contribution >= 0.6 is 0 Å². The third-order valence-corrected chi connectivity index (χ3v) is 1.78. The molecule has 3 N–H and O–H groups in total. The van der Waals surface area contributed by atoms with E-state index < -0.39 is 0 Å². The van der Waals surface area contributed by atoms with Gasteiger partial charge in [-0.3, -0.25) is 0 Å². The summed E-state index contributed by atoms with van der Waals surface area (Å²) >= 11 is 0. The van der Waals surface area contributed by atoms with Gasteiger partial charge in [0.1, 0.15) is 0 Å². The highest BCUT2D eigenvalue weighted by molar-refractivity contribution is 5.24. The molecule has 0 fully saturated rings. The first-order chi connectivity index (χ1) is 6.86. The van der Waals surface area contributed by atoms with Crippen LogP contribution in [0.4, 0.5) is 5.95 Å². The van der Waals surface area contributed by atoms with E-state index >= 15 is 0 Å². The molecule has 1 atom stereocenters. The van der Waals surface area contributed by atoms with Crippen LogP contribution in [0.5, 0.6) is 0 Å². The zero-order chi connectivity index (χ0) is 10.2. The third-order valence-electron chi connectivity index (χ3n) is 1.78. The molecule has 5 nitrogen and oxygen atoms in total. The molecule has 0 aliphatic heterocycles. The van der Waals surface area contributed by atoms with Gasteiger partial charge in [-0.2, -0.15) is 0 Å². The van der Waals surface area contributed by atoms with Crippen molar-refractivity contribution in [3.63, 3.8) is 0 Å². The van der Waals surface area contributed by atoms with Gasteiger partial charge >= 0.3 is 0 Å². The molecule has 1 heterocycles. The van der Waals surface area contributed by atoms with Crippen LogP contribution in [-0.2, 0) is 4.74 Å². The fourth-order valence-corrected chi connectivity index (χ4v) is 1.16. The largest absolute Gasteiger partial charge is 0.383 e. The van der Waals surface area contributed by atoms with Gasteiger partial charge in [-0.05, 0) is 19.0 Å². The summed E-state index contributed by atoms with van der Waals surface area (Å²) in [7, 11) is 1.66. The predicted molar refractivity (Wildman–Crippen MR) is 55.0 cm³/mol. The minimum atomic E-state index is 0.174. The number of rotatable bonds is 6. The lowest BCUT2D eigenvalue weighted by Gasteiger charge is -2.16. The first kappa shape index (κ1) is 10.9. The number of nitrogens with one attached hydrogen (secondary N) is 1. The number of anilines is 1. The number of nitrogens with zero attached hydrogens (tertiary/aromatic N) is 2. The highest BCUT2D eigenvalue weighted by Crippen LogP contribution is 2.01. The zero-order valence-corrected chi connectivity index (χ0v) is 8.31. The Morgan fingerprint density at radius 1 is 1.50 bits per heavy atom. The van der Waals surface area contributed by atoms with E-state index in [0.29, 0.717) is 19.1 Å². The second-order valence-electron chi connectivity index (χ2n) is 2.95. The summed E-state index contributed by atoms with van der Waals surface area (Å²) in [6.07, 6.45) is 4.23. The van der Waals surface area contributed by atoms with Gasteiger partial charge in [0, 0.05) is 19.5 Å². The lowest BCUT2D eigenvalue weighted by molar-refractivity contribution is 0.183. The Hall–Kier alpha value is -1.20. The number of ether oxygens (including phenoxy) is 1. The van der Waals surface area contributed by atoms with Crippen molar-refractivity contribution in [3.8, 4) is 0 Å². The SMILES string of the molecule is COCC(CCN)Nc1ncccn1. The van der Waals surface area contributed by atoms with E-state index in [4.69, 9.17) is 10.5 Å². The fourth-order valence-electron chi connectivity index (χ4n) is 1.16. The molecule has 0 amide bonds. The van der Waals surface area contributed by atoms with Crippen molar-refractivity contribution < 1.29 is 4.74 Å². The summed E-state index contributed by atoms with van der Waals surface area (Å²) < 4.78 is 5.06. The summed E-state index contributed by atoms with van der Waals surface area (Å²) in [5.74, 6) is 0.614. The lowest BCUT2D eigenvalue weighted by Crippen LogP contribution is -2.28. The van der Waals surface area contributed by atoms with Crippen molar-refractivity contribution in [1.29, 1.82) is 0 Å². The van der Waals surface area contributed by atoms with Crippen molar-refractivity contribution in [2.24, 2.45) is 5.73 Å². The third kappa shape index (κ3) is 3.68. The lowest BCUT2D eigenvalue weighted by atomic mass is 10.2. The molecule has 1 rings (SSSR count). The standard InChI is InChI=1S/C9H16N4O/c1-14-7-8(3-4-10)13-9-11-5-2-6-12-9/h2,5-6,8H,3-4,7,10H2,1H3,(H,11,12,13). The predicted octanol–water partition coefficient (Wildman–Crippen LogP) is 0.252. The molecule has 5 heteroatoms. The van der Waals surface area contributed by atoms with Crippen molar-refractivity contribution >= 4 is 5.95 Å². The summed E-state index contributed by atoms with van der Waals surface area (Å²) in [5.41, 5.74) is 5.48. The van der Waals surface area contributed by atoms with Crippen LogP contribution in [0.3, 0.4) is 0 Å². The van der Waals surface area contributed by atoms with Crippen molar-refractivity contribution in [3.05, 3.63) is 18.5 Å². The fraction of sp³-hybridized carbons (Fsp3) is 0.556. The van der Waals surface area contributed by atoms with Crippen LogP contribution < -0.4 is 11.1 Å². The number of methoxy groups -OCH3 is 1. The van der Waals surface area contributed by atoms with Crippen molar-refractivity contribution in [2.75, 3.05) is 25.6 Å². The average molecular weight is 196 g/mol. The molecule has 0 aromatic carbocycles. The van der Waals surface area contributed by atoms with Gasteiger partial charge in [-0.25, -0.2) is 9.97 Å². The Balaban J connectivity index is 2.46. The van der Waals surface area contributed by atoms with Crippen LogP contribution in [0.2, 0.25) is 0 Å². The van der Waals surface area contributed by atoms with E-state index in [1.54, 1.807) is 25.6 Å². The van der Waals surface area contributed by atoms with E-state index in [9.17, 15) is 0 Å². The molecule has 0 saturated heterocycles. The molecular weight excluding hydrogens is 180 g/mol. The van der Waals surface area contributed by atoms with Gasteiger partial charge in [-0.15, -0.1) is 0 Å². The molecular formula is C9H16N4O. The minimum Gasteiger partial charge on any atom is -0.383 e. The van der Waals surface area contributed by atoms with Crippen LogP contribution in [0.1, 0.15) is 6.42 Å². The van der Waals surface area contributed by atoms with E-state index in [-0.39, 0.29) is 6.04 Å². The summed E-state index contributed by atoms with van der Waals surface area (Å²) in [4.78, 5) is 8.13. The molecule has 0 aliphatic carbocycles. The van der Waals surface area contributed by atoms with Gasteiger partial charge in [0.25, 0.3) is 0 Å². The molecule has 1 unspecified atom stereocenters. The Morgan fingerprint density at radius 3 is 2.79 bits per heavy atom. The van der Waals surface area contributed by atoms with Crippen LogP contribution in [0, 0.1) is 0 Å². The Morgan fingerprint density at radius 2 is 2.21 bits per heavy atom. The molecule has 14 heavy (non-hydrogen) atoms. The number of hydrogen-bond acceptors (Lipinski definition) is 5. The zero-order valence-electron chi connectivity index (χ0n) is 8.31. The average Bonchev–Trinajstić information content (AvgIpc) is 2.20. The summed E-state index contributed by atoms with van der Waals surface area (Å²) in [6, 6.07) is 1.95. The molecule has 78 valence electrons. The highest BCUT2D eigenvalue weighted by atomic mass is 16.5. The second kappa shape index (κ2) is 6.28. The quantitative estimate of drug-likeness (QED) is 0.682. The molecule has 1 aromatic rings. The van der Waals surface area contributed by atoms with E-state index in [2.05, 4.69) is 15.3 Å². The maximum atomic E-state index is 5.48. The van der Waals surface area contributed by atoms with Crippen LogP contribution in [0.15, 0.2) is 18.5 Å². The van der Waals surface area contributed by atoms with Crippen molar-refractivity contribution in [1.82, 2.24) is 9.97 Å². The van der Waals surface area contributed by atoms with Crippen LogP contribution in [-0.4, -0.2) is 36.3 Å². The maximum absolute atomic E-state index is 5.48. The minimum absolute atomic E-state index is 0.174. The summed E-state index contributed by atoms with van der Waals surface area (Å²) in [6.45, 7) is 1.23. The van der Waals surface area contributed by atoms with Gasteiger partial charge in [-0.1, -0.05) is 0 Å². The maximum Gasteiger partial charge on any atom is 0.222 e. The monoisotopic (exact) mass is 196 g/mol. The second-order valence-corrected chi connectivity index (χ2v) is 2.95. The smallest absolute Gasteiger partial charge is 0.222 e. The number of nitrogens with two attached hydrogens (primary N) is 1. The van der Waals surface area contributed by atoms with Crippen molar-refractivity contribution in [2.45, 2.75) is 12.5 Å². The molecule has 0 bridgehead atoms. The first-order valence-electron chi connectivity index (χ1n) is 4.59. The number of aromatic nitrogens is 2. The Labute approximate surface area is 83.7 Å². The topological polar surface area (TPSA) is 73.1 Å². The number of hydrogen-bond donors (Lipinski definition) is 2. The van der Waals surface area contributed by atoms with Crippen LogP contribution in [0.25, 0.3) is 0 Å². The summed E-state index contributed by atoms with van der Waals surface area (Å²) in [5, 5.41) is 3.15. The van der Waals surface area contributed by atoms with Gasteiger partial charge in [0.05, 0.1) is 12.6 Å². The normalized spacial score (nSPS) is 12.4. The molecule has 0 aliphatic rings. The Bertz CT molecular complexity index is 236. The molecule has 0 spiro atoms. The van der Waals surface area contributed by atoms with Gasteiger partial charge < -0.3 is 15.8 Å². The highest BCUT2D eigenvalue weighted by Gasteiger charge is 2.07.